The number of fused-ring (bicyclic) bond motifs is 1. The van der Waals surface area contributed by atoms with E-state index in [-0.39, 0.29) is 30.7 Å². The van der Waals surface area contributed by atoms with E-state index in [1.165, 1.54) is 4.90 Å². The van der Waals surface area contributed by atoms with Gasteiger partial charge in [0.2, 0.25) is 5.91 Å². The maximum absolute atomic E-state index is 13.9. The summed E-state index contributed by atoms with van der Waals surface area (Å²) in [5.41, 5.74) is 1.50. The van der Waals surface area contributed by atoms with E-state index >= 15 is 0 Å². The Morgan fingerprint density at radius 3 is 2.55 bits per heavy atom. The van der Waals surface area contributed by atoms with E-state index < -0.39 is 5.54 Å². The number of aryl methyl sites for hydroxylation is 1. The summed E-state index contributed by atoms with van der Waals surface area (Å²) >= 11 is 0. The smallest absolute Gasteiger partial charge is 0.254 e. The lowest BCUT2D eigenvalue weighted by Crippen LogP contribution is -2.61. The minimum atomic E-state index is -1.21. The van der Waals surface area contributed by atoms with Gasteiger partial charge in [-0.3, -0.25) is 14.4 Å². The van der Waals surface area contributed by atoms with Crippen molar-refractivity contribution < 1.29 is 14.4 Å². The molecule has 0 aromatic heterocycles. The van der Waals surface area contributed by atoms with E-state index in [9.17, 15) is 14.4 Å². The molecule has 0 saturated heterocycles. The molecule has 1 unspecified atom stereocenters. The molecule has 0 bridgehead atoms. The lowest BCUT2D eigenvalue weighted by Gasteiger charge is -2.44. The molecule has 2 aromatic rings. The third-order valence-electron chi connectivity index (χ3n) is 5.79. The van der Waals surface area contributed by atoms with Crippen LogP contribution in [0.1, 0.15) is 24.5 Å². The first kappa shape index (κ1) is 22.2. The third-order valence-corrected chi connectivity index (χ3v) is 5.79. The van der Waals surface area contributed by atoms with Crippen LogP contribution in [-0.2, 0) is 20.9 Å². The Hall–Kier alpha value is -4.00. The molecule has 2 aliphatic heterocycles. The second-order valence-corrected chi connectivity index (χ2v) is 8.37. The largest absolute Gasteiger partial charge is 0.350 e. The average Bonchev–Trinajstić information content (AvgIpc) is 2.82. The highest BCUT2D eigenvalue weighted by atomic mass is 16.2. The van der Waals surface area contributed by atoms with Gasteiger partial charge in [0.15, 0.2) is 0 Å². The van der Waals surface area contributed by atoms with Crippen molar-refractivity contribution in [1.29, 1.82) is 0 Å². The van der Waals surface area contributed by atoms with Crippen molar-refractivity contribution in [2.75, 3.05) is 11.4 Å². The number of anilines is 1. The fraction of sp³-hybridized carbons (Fsp3) is 0.231. The van der Waals surface area contributed by atoms with E-state index in [1.54, 1.807) is 48.4 Å². The summed E-state index contributed by atoms with van der Waals surface area (Å²) in [6, 6.07) is 16.9. The van der Waals surface area contributed by atoms with Gasteiger partial charge in [-0.1, -0.05) is 54.1 Å². The van der Waals surface area contributed by atoms with Crippen molar-refractivity contribution in [3.05, 3.63) is 90.2 Å². The maximum atomic E-state index is 13.9. The van der Waals surface area contributed by atoms with Gasteiger partial charge in [0.05, 0.1) is 6.42 Å². The van der Waals surface area contributed by atoms with E-state index in [2.05, 4.69) is 10.3 Å². The molecule has 4 rings (SSSR count). The first-order chi connectivity index (χ1) is 15.9. The summed E-state index contributed by atoms with van der Waals surface area (Å²) in [5.74, 6) is -0.586. The number of rotatable bonds is 6. The first-order valence-electron chi connectivity index (χ1n) is 10.8. The number of amidine groups is 1. The quantitative estimate of drug-likeness (QED) is 0.745. The van der Waals surface area contributed by atoms with Gasteiger partial charge in [-0.25, -0.2) is 0 Å². The number of carbonyl (C=O) groups is 3. The van der Waals surface area contributed by atoms with Gasteiger partial charge in [-0.2, -0.15) is 4.99 Å². The third kappa shape index (κ3) is 4.77. The van der Waals surface area contributed by atoms with Crippen LogP contribution in [0.15, 0.2) is 84.0 Å². The molecule has 2 aromatic carbocycles. The van der Waals surface area contributed by atoms with Crippen LogP contribution in [0.5, 0.6) is 0 Å². The zero-order valence-corrected chi connectivity index (χ0v) is 18.7. The first-order valence-corrected chi connectivity index (χ1v) is 10.8. The standard InChI is InChI=1S/C26H26N4O3/c1-19-11-13-20(14-12-19)17-27-24(32)18-29(21-8-4-3-5-9-21)25(33)26(2)16-23(31)28-22-10-6-7-15-30(22)26/h3-15H,16-18H2,1-2H3,(H,27,32). The normalized spacial score (nSPS) is 19.0. The zero-order valence-electron chi connectivity index (χ0n) is 18.7. The van der Waals surface area contributed by atoms with Crippen LogP contribution in [0.4, 0.5) is 5.69 Å². The zero-order chi connectivity index (χ0) is 23.4. The molecule has 1 N–H and O–H groups in total. The second kappa shape index (κ2) is 9.24. The second-order valence-electron chi connectivity index (χ2n) is 8.37. The molecule has 7 heteroatoms. The minimum Gasteiger partial charge on any atom is -0.350 e. The molecule has 0 aliphatic carbocycles. The number of benzene rings is 2. The maximum Gasteiger partial charge on any atom is 0.254 e. The molecule has 2 aliphatic rings. The fourth-order valence-corrected chi connectivity index (χ4v) is 3.95. The number of allylic oxidation sites excluding steroid dienone is 2. The van der Waals surface area contributed by atoms with Gasteiger partial charge < -0.3 is 15.1 Å². The molecule has 0 spiro atoms. The molecular weight excluding hydrogens is 416 g/mol. The molecule has 0 radical (unpaired) electrons. The van der Waals surface area contributed by atoms with Gasteiger partial charge in [0, 0.05) is 18.4 Å². The SMILES string of the molecule is Cc1ccc(CNC(=O)CN(C(=O)C2(C)CC(=O)N=C3C=CC=CN32)c2ccccc2)cc1. The Balaban J connectivity index is 1.57. The Labute approximate surface area is 193 Å². The van der Waals surface area contributed by atoms with Crippen LogP contribution in [-0.4, -0.2) is 40.5 Å². The number of amides is 3. The highest BCUT2D eigenvalue weighted by Crippen LogP contribution is 2.31. The van der Waals surface area contributed by atoms with Crippen LogP contribution >= 0.6 is 0 Å². The van der Waals surface area contributed by atoms with Crippen LogP contribution in [0.25, 0.3) is 0 Å². The number of nitrogens with one attached hydrogen (secondary N) is 1. The highest BCUT2D eigenvalue weighted by molar-refractivity contribution is 6.13. The fourth-order valence-electron chi connectivity index (χ4n) is 3.95. The van der Waals surface area contributed by atoms with E-state index in [0.29, 0.717) is 18.1 Å². The summed E-state index contributed by atoms with van der Waals surface area (Å²) < 4.78 is 0. The van der Waals surface area contributed by atoms with Gasteiger partial charge in [0.25, 0.3) is 11.8 Å². The lowest BCUT2D eigenvalue weighted by molar-refractivity contribution is -0.133. The Kier molecular flexibility index (Phi) is 6.22. The summed E-state index contributed by atoms with van der Waals surface area (Å²) in [4.78, 5) is 46.4. The summed E-state index contributed by atoms with van der Waals surface area (Å²) in [7, 11) is 0. The number of para-hydroxylation sites is 1. The summed E-state index contributed by atoms with van der Waals surface area (Å²) in [6.07, 6.45) is 6.92. The Morgan fingerprint density at radius 2 is 1.82 bits per heavy atom. The van der Waals surface area contributed by atoms with Gasteiger partial charge in [-0.15, -0.1) is 0 Å². The van der Waals surface area contributed by atoms with E-state index in [1.807, 2.05) is 49.4 Å². The van der Waals surface area contributed by atoms with Crippen LogP contribution in [0.3, 0.4) is 0 Å². The number of aliphatic imine (C=N–C) groups is 1. The predicted molar refractivity (Wildman–Crippen MR) is 127 cm³/mol. The molecular formula is C26H26N4O3. The van der Waals surface area contributed by atoms with E-state index in [0.717, 1.165) is 11.1 Å². The number of nitrogens with zero attached hydrogens (tertiary/aromatic N) is 3. The Morgan fingerprint density at radius 1 is 1.09 bits per heavy atom. The number of hydrogen-bond acceptors (Lipinski definition) is 4. The average molecular weight is 443 g/mol. The van der Waals surface area contributed by atoms with Crippen LogP contribution < -0.4 is 10.2 Å². The van der Waals surface area contributed by atoms with Crippen LogP contribution in [0, 0.1) is 6.92 Å². The molecule has 2 heterocycles. The van der Waals surface area contributed by atoms with Gasteiger partial charge >= 0.3 is 0 Å². The van der Waals surface area contributed by atoms with Gasteiger partial charge in [-0.05, 0) is 43.7 Å². The lowest BCUT2D eigenvalue weighted by atomic mass is 9.90. The predicted octanol–water partition coefficient (Wildman–Crippen LogP) is 3.12. The summed E-state index contributed by atoms with van der Waals surface area (Å²) in [6.45, 7) is 3.91. The molecule has 168 valence electrons. The molecule has 0 saturated carbocycles. The number of hydrogen-bond donors (Lipinski definition) is 1. The van der Waals surface area contributed by atoms with Crippen molar-refractivity contribution in [3.8, 4) is 0 Å². The Bertz CT molecular complexity index is 1150. The summed E-state index contributed by atoms with van der Waals surface area (Å²) in [5, 5.41) is 2.89. The highest BCUT2D eigenvalue weighted by Gasteiger charge is 2.47. The minimum absolute atomic E-state index is 0.0815. The van der Waals surface area contributed by atoms with Crippen LogP contribution in [0.2, 0.25) is 0 Å². The van der Waals surface area contributed by atoms with Crippen molar-refractivity contribution in [1.82, 2.24) is 10.2 Å². The van der Waals surface area contributed by atoms with Gasteiger partial charge in [0.1, 0.15) is 17.9 Å². The van der Waals surface area contributed by atoms with Crippen molar-refractivity contribution in [2.24, 2.45) is 4.99 Å². The number of carbonyl (C=O) groups excluding carboxylic acids is 3. The monoisotopic (exact) mass is 442 g/mol. The van der Waals surface area contributed by atoms with E-state index in [4.69, 9.17) is 0 Å². The van der Waals surface area contributed by atoms with Crippen molar-refractivity contribution in [3.63, 3.8) is 0 Å². The molecule has 1 atom stereocenters. The van der Waals surface area contributed by atoms with Crippen molar-refractivity contribution >= 4 is 29.2 Å². The van der Waals surface area contributed by atoms with Crippen molar-refractivity contribution in [2.45, 2.75) is 32.4 Å². The topological polar surface area (TPSA) is 82.1 Å². The molecule has 3 amide bonds. The molecule has 7 nitrogen and oxygen atoms in total. The molecule has 33 heavy (non-hydrogen) atoms. The molecule has 0 fully saturated rings.